The van der Waals surface area contributed by atoms with Crippen molar-refractivity contribution in [2.75, 3.05) is 98.8 Å². The zero-order valence-electron chi connectivity index (χ0n) is 56.6. The number of nitrogens with one attached hydrogen (secondary N) is 3. The van der Waals surface area contributed by atoms with E-state index in [0.29, 0.717) is 55.6 Å². The number of rotatable bonds is 15. The molecule has 0 spiro atoms. The molecular formula is C69H118FN9O10. The highest BCUT2D eigenvalue weighted by atomic mass is 19.1. The molecular weight excluding hydrogens is 1130 g/mol. The van der Waals surface area contributed by atoms with Crippen molar-refractivity contribution in [3.63, 3.8) is 0 Å². The second-order valence-corrected chi connectivity index (χ2v) is 26.2. The summed E-state index contributed by atoms with van der Waals surface area (Å²) in [5.74, 6) is -0.967. The topological polar surface area (TPSA) is 219 Å². The summed E-state index contributed by atoms with van der Waals surface area (Å²) in [6.07, 6.45) is 14.6. The molecule has 5 saturated heterocycles. The first-order chi connectivity index (χ1) is 41.7. The lowest BCUT2D eigenvalue weighted by Gasteiger charge is -2.55. The number of hydrogen-bond acceptors (Lipinski definition) is 13. The Kier molecular flexibility index (Phi) is 34.9. The number of aromatic nitrogens is 2. The number of hydrogen-bond donors (Lipinski definition) is 4. The van der Waals surface area contributed by atoms with Gasteiger partial charge in [-0.25, -0.2) is 14.3 Å². The second-order valence-electron chi connectivity index (χ2n) is 26.2. The van der Waals surface area contributed by atoms with Crippen LogP contribution in [0.25, 0.3) is 10.8 Å². The standard InChI is InChI=1S/C27H48N4O4.C16H13FN2O.C13H27NO.C6H10N2O2.C2H4O2.2C2H6.CH4/c1-5-30-15-17-31(18-16-30)19-27-13-11-26(12-14-27,20-34-27)29-23(32)22(21-9-7-6-8-10-21)28-24(33)35-25(2,3)4;1-10-8-11(6-7-14(10)17)9-15-12-4-2-3-5-13(12)16(20)19-18-15;1-6-9-14(5)10-13(4)8-7-12(2,3)11-15-13;9-5-7-1-2-8(6-10)4-3-7;1-2(3)4;2*1-2;/h21-22H,5-20H2,1-4H3,(H,28,33)(H,29,32);2-8H,9H2,1H3,(H,19,20);6-11H2,1-5H3;5-6H,1-4H2;1H3,(H,3,4);2*1-2H3;1H4. The van der Waals surface area contributed by atoms with E-state index in [1.807, 2.05) is 66.7 Å². The molecule has 0 radical (unpaired) electrons. The molecule has 3 aromatic rings. The van der Waals surface area contributed by atoms with E-state index in [1.54, 1.807) is 34.9 Å². The summed E-state index contributed by atoms with van der Waals surface area (Å²) in [5.41, 5.74) is 1.64. The summed E-state index contributed by atoms with van der Waals surface area (Å²) in [5, 5.41) is 21.8. The van der Waals surface area contributed by atoms with Gasteiger partial charge >= 0.3 is 6.09 Å². The molecule has 6 heterocycles. The van der Waals surface area contributed by atoms with Crippen molar-refractivity contribution in [2.24, 2.45) is 11.3 Å². The minimum absolute atomic E-state index is 0. The van der Waals surface area contributed by atoms with Gasteiger partial charge in [-0.3, -0.25) is 28.9 Å². The summed E-state index contributed by atoms with van der Waals surface area (Å²) < 4.78 is 31.3. The summed E-state index contributed by atoms with van der Waals surface area (Å²) in [6.45, 7) is 40.7. The van der Waals surface area contributed by atoms with Gasteiger partial charge in [-0.15, -0.1) is 0 Å². The van der Waals surface area contributed by atoms with E-state index in [1.165, 1.54) is 38.3 Å². The highest BCUT2D eigenvalue weighted by Crippen LogP contribution is 2.44. The van der Waals surface area contributed by atoms with Crippen LogP contribution in [0.15, 0.2) is 47.3 Å². The van der Waals surface area contributed by atoms with Crippen LogP contribution >= 0.6 is 0 Å². The lowest BCUT2D eigenvalue weighted by atomic mass is 9.70. The van der Waals surface area contributed by atoms with Crippen LogP contribution < -0.4 is 16.2 Å². The van der Waals surface area contributed by atoms with Gasteiger partial charge in [0.15, 0.2) is 0 Å². The van der Waals surface area contributed by atoms with Crippen LogP contribution in [0.1, 0.15) is 191 Å². The van der Waals surface area contributed by atoms with Crippen LogP contribution in [0.3, 0.4) is 0 Å². The first kappa shape index (κ1) is 79.6. The minimum atomic E-state index is -0.833. The summed E-state index contributed by atoms with van der Waals surface area (Å²) >= 11 is 0. The van der Waals surface area contributed by atoms with Crippen LogP contribution in [0.2, 0.25) is 0 Å². The molecule has 506 valence electrons. The predicted octanol–water partition coefficient (Wildman–Crippen LogP) is 10.9. The first-order valence-electron chi connectivity index (χ1n) is 32.7. The highest BCUT2D eigenvalue weighted by molar-refractivity contribution is 5.87. The molecule has 7 aliphatic rings. The van der Waals surface area contributed by atoms with E-state index in [-0.39, 0.29) is 47.4 Å². The van der Waals surface area contributed by atoms with Gasteiger partial charge in [0.05, 0.1) is 41.0 Å². The SMILES string of the molecule is C.CC.CC.CC(=O)O.CCCN(C)CC1(C)CCC(C)(C)CO1.CCN1CCN(CC23CCC(NC(=O)C(NC(=O)OC(C)(C)C)C4CCCCC4)(CC2)CO3)CC1.Cc1cc(Cc2n[nH]c(=O)c3ccccc23)ccc1F.O=CN1CCN(C=O)CC1. The molecule has 2 aromatic carbocycles. The zero-order chi connectivity index (χ0) is 65.7. The number of aliphatic carboxylic acids is 1. The minimum Gasteiger partial charge on any atom is -0.481 e. The number of benzene rings is 2. The molecule has 7 fully saturated rings. The fourth-order valence-corrected chi connectivity index (χ4v) is 12.0. The smallest absolute Gasteiger partial charge is 0.408 e. The maximum absolute atomic E-state index is 13.6. The number of carboxylic acids is 1. The van der Waals surface area contributed by atoms with Crippen LogP contribution in [0, 0.1) is 24.1 Å². The quantitative estimate of drug-likeness (QED) is 0.104. The maximum atomic E-state index is 13.6. The number of aromatic amines is 1. The van der Waals surface area contributed by atoms with Crippen molar-refractivity contribution < 1.29 is 47.7 Å². The third-order valence-corrected chi connectivity index (χ3v) is 17.0. The van der Waals surface area contributed by atoms with Crippen LogP contribution in [-0.2, 0) is 39.8 Å². The maximum Gasteiger partial charge on any atom is 0.408 e. The molecule has 20 heteroatoms. The molecule has 89 heavy (non-hydrogen) atoms. The lowest BCUT2D eigenvalue weighted by Crippen LogP contribution is -2.67. The Morgan fingerprint density at radius 3 is 1.88 bits per heavy atom. The number of fused-ring (bicyclic) bond motifs is 4. The number of carbonyl (C=O) groups is 5. The molecule has 2 bridgehead atoms. The number of halogens is 1. The number of likely N-dealkylation sites (N-methyl/N-ethyl adjacent to an activating group) is 2. The van der Waals surface area contributed by atoms with Gasteiger partial charge in [-0.05, 0) is 147 Å². The number of aryl methyl sites for hydroxylation is 1. The highest BCUT2D eigenvalue weighted by Gasteiger charge is 2.52. The van der Waals surface area contributed by atoms with E-state index in [4.69, 9.17) is 24.1 Å². The van der Waals surface area contributed by atoms with Crippen molar-refractivity contribution in [1.82, 2.24) is 45.3 Å². The van der Waals surface area contributed by atoms with Gasteiger partial charge in [0, 0.05) is 84.2 Å². The number of H-pyrrole nitrogens is 1. The van der Waals surface area contributed by atoms with Gasteiger partial charge in [0.1, 0.15) is 17.5 Å². The molecule has 2 aliphatic carbocycles. The fraction of sp³-hybridized carbons (Fsp3) is 0.725. The number of ether oxygens (including phenoxy) is 3. The van der Waals surface area contributed by atoms with Crippen molar-refractivity contribution in [1.29, 1.82) is 0 Å². The largest absolute Gasteiger partial charge is 0.481 e. The monoisotopic (exact) mass is 1250 g/mol. The Balaban J connectivity index is 0.000000423. The summed E-state index contributed by atoms with van der Waals surface area (Å²) in [4.78, 5) is 78.0. The number of carbonyl (C=O) groups excluding carboxylic acids is 4. The van der Waals surface area contributed by atoms with Gasteiger partial charge in [-0.1, -0.05) is 112 Å². The van der Waals surface area contributed by atoms with Gasteiger partial charge in [-0.2, -0.15) is 5.10 Å². The molecule has 10 rings (SSSR count). The van der Waals surface area contributed by atoms with Gasteiger partial charge in [0.25, 0.3) is 11.5 Å². The third-order valence-electron chi connectivity index (χ3n) is 17.0. The van der Waals surface area contributed by atoms with Crippen molar-refractivity contribution in [2.45, 2.75) is 216 Å². The predicted molar refractivity (Wildman–Crippen MR) is 356 cm³/mol. The van der Waals surface area contributed by atoms with Crippen LogP contribution in [-0.4, -0.2) is 198 Å². The number of carboxylic acid groups (broad SMARTS) is 1. The zero-order valence-corrected chi connectivity index (χ0v) is 56.6. The molecule has 2 unspecified atom stereocenters. The Hall–Kier alpha value is -5.54. The molecule has 1 aromatic heterocycles. The van der Waals surface area contributed by atoms with Crippen molar-refractivity contribution >= 4 is 41.6 Å². The number of amides is 4. The van der Waals surface area contributed by atoms with Gasteiger partial charge < -0.3 is 49.6 Å². The molecule has 4 N–H and O–H groups in total. The average Bonchev–Trinajstić information content (AvgIpc) is 0.886. The van der Waals surface area contributed by atoms with Crippen LogP contribution in [0.4, 0.5) is 9.18 Å². The van der Waals surface area contributed by atoms with Crippen molar-refractivity contribution in [3.05, 3.63) is 75.5 Å². The fourth-order valence-electron chi connectivity index (χ4n) is 12.0. The molecule has 2 saturated carbocycles. The Bertz CT molecular complexity index is 2570. The lowest BCUT2D eigenvalue weighted by molar-refractivity contribution is -0.176. The van der Waals surface area contributed by atoms with E-state index in [2.05, 4.69) is 77.2 Å². The average molecular weight is 1250 g/mol. The third kappa shape index (κ3) is 27.4. The Morgan fingerprint density at radius 1 is 0.831 bits per heavy atom. The Morgan fingerprint density at radius 2 is 1.39 bits per heavy atom. The molecule has 4 amide bonds. The van der Waals surface area contributed by atoms with Gasteiger partial charge in [0.2, 0.25) is 18.7 Å². The number of alkyl carbamates (subject to hydrolysis) is 1. The Labute approximate surface area is 534 Å². The summed E-state index contributed by atoms with van der Waals surface area (Å²) in [7, 11) is 2.19. The first-order valence-corrected chi connectivity index (χ1v) is 32.7. The van der Waals surface area contributed by atoms with Crippen LogP contribution in [0.5, 0.6) is 0 Å². The number of piperazine rings is 2. The van der Waals surface area contributed by atoms with E-state index < -0.39 is 23.7 Å². The van der Waals surface area contributed by atoms with Crippen molar-refractivity contribution in [3.8, 4) is 0 Å². The summed E-state index contributed by atoms with van der Waals surface area (Å²) in [6, 6.07) is 11.8. The van der Waals surface area contributed by atoms with E-state index in [0.717, 1.165) is 140 Å². The number of nitrogens with zero attached hydrogens (tertiary/aromatic N) is 6. The van der Waals surface area contributed by atoms with E-state index in [9.17, 15) is 28.4 Å². The van der Waals surface area contributed by atoms with E-state index >= 15 is 0 Å². The molecule has 19 nitrogen and oxygen atoms in total. The molecule has 5 aliphatic heterocycles. The normalized spacial score (nSPS) is 22.6. The second kappa shape index (κ2) is 39.0. The molecule has 2 atom stereocenters.